The standard InChI is InChI=1S/C25H25N3O3/c29-23(26-19-11-13-25(14-12-19)15-31-16-25)21-20(17-7-3-1-4-8-17)22(27-28-24(21)30)18-9-5-2-6-10-18/h1-10,19H,11-16H2,(H,26,29)(H,28,30). The number of carbonyl (C=O) groups excluding carboxylic acids is 1. The molecule has 5 rings (SSSR count). The van der Waals surface area contributed by atoms with Crippen molar-refractivity contribution in [2.45, 2.75) is 31.7 Å². The molecule has 1 saturated carbocycles. The molecule has 2 aliphatic rings. The van der Waals surface area contributed by atoms with Crippen LogP contribution < -0.4 is 10.9 Å². The van der Waals surface area contributed by atoms with Crippen LogP contribution in [0.3, 0.4) is 0 Å². The number of hydrogen-bond donors (Lipinski definition) is 2. The lowest BCUT2D eigenvalue weighted by molar-refractivity contribution is -0.133. The molecule has 1 aliphatic heterocycles. The van der Waals surface area contributed by atoms with Crippen molar-refractivity contribution < 1.29 is 9.53 Å². The zero-order valence-electron chi connectivity index (χ0n) is 17.3. The first kappa shape index (κ1) is 19.7. The van der Waals surface area contributed by atoms with Crippen molar-refractivity contribution in [3.63, 3.8) is 0 Å². The first-order valence-electron chi connectivity index (χ1n) is 10.8. The minimum absolute atomic E-state index is 0.0649. The van der Waals surface area contributed by atoms with Crippen molar-refractivity contribution in [1.29, 1.82) is 0 Å². The Kier molecular flexibility index (Phi) is 5.16. The van der Waals surface area contributed by atoms with Crippen molar-refractivity contribution in [1.82, 2.24) is 15.5 Å². The molecule has 0 bridgehead atoms. The molecular weight excluding hydrogens is 390 g/mol. The van der Waals surface area contributed by atoms with Crippen LogP contribution in [0.1, 0.15) is 36.0 Å². The van der Waals surface area contributed by atoms with Gasteiger partial charge in [0.15, 0.2) is 0 Å². The highest BCUT2D eigenvalue weighted by Gasteiger charge is 2.42. The summed E-state index contributed by atoms with van der Waals surface area (Å²) in [5, 5.41) is 9.99. The molecule has 158 valence electrons. The second-order valence-corrected chi connectivity index (χ2v) is 8.62. The average molecular weight is 415 g/mol. The minimum atomic E-state index is -0.476. The van der Waals surface area contributed by atoms with Gasteiger partial charge in [-0.05, 0) is 31.2 Å². The van der Waals surface area contributed by atoms with Crippen molar-refractivity contribution in [2.75, 3.05) is 13.2 Å². The number of hydrogen-bond acceptors (Lipinski definition) is 4. The van der Waals surface area contributed by atoms with Gasteiger partial charge in [-0.1, -0.05) is 60.7 Å². The maximum absolute atomic E-state index is 13.4. The highest BCUT2D eigenvalue weighted by molar-refractivity contribution is 6.03. The summed E-state index contributed by atoms with van der Waals surface area (Å²) in [5.41, 5.74) is 2.74. The van der Waals surface area contributed by atoms with Gasteiger partial charge in [-0.3, -0.25) is 9.59 Å². The summed E-state index contributed by atoms with van der Waals surface area (Å²) in [6.07, 6.45) is 3.91. The molecule has 1 aliphatic carbocycles. The third-order valence-corrected chi connectivity index (χ3v) is 6.52. The van der Waals surface area contributed by atoms with E-state index in [9.17, 15) is 9.59 Å². The van der Waals surface area contributed by atoms with Crippen LogP contribution in [-0.2, 0) is 4.74 Å². The molecule has 1 aromatic heterocycles. The molecule has 1 saturated heterocycles. The normalized spacial score (nSPS) is 17.8. The third kappa shape index (κ3) is 3.79. The SMILES string of the molecule is O=C(NC1CCC2(CC1)COC2)c1c(-c2ccccc2)c(-c2ccccc2)n[nH]c1=O. The van der Waals surface area contributed by atoms with E-state index in [4.69, 9.17) is 4.74 Å². The van der Waals surface area contributed by atoms with Crippen LogP contribution in [0, 0.1) is 5.41 Å². The predicted molar refractivity (Wildman–Crippen MR) is 119 cm³/mol. The van der Waals surface area contributed by atoms with Crippen LogP contribution in [0.15, 0.2) is 65.5 Å². The Hall–Kier alpha value is -3.25. The van der Waals surface area contributed by atoms with Crippen LogP contribution >= 0.6 is 0 Å². The van der Waals surface area contributed by atoms with Gasteiger partial charge in [0, 0.05) is 22.6 Å². The van der Waals surface area contributed by atoms with E-state index in [1.54, 1.807) is 0 Å². The van der Waals surface area contributed by atoms with E-state index in [0.717, 1.165) is 50.0 Å². The zero-order chi connectivity index (χ0) is 21.3. The molecule has 6 nitrogen and oxygen atoms in total. The summed E-state index contributed by atoms with van der Waals surface area (Å²) < 4.78 is 5.40. The number of H-pyrrole nitrogens is 1. The summed E-state index contributed by atoms with van der Waals surface area (Å²) in [7, 11) is 0. The number of amides is 1. The minimum Gasteiger partial charge on any atom is -0.380 e. The summed E-state index contributed by atoms with van der Waals surface area (Å²) >= 11 is 0. The maximum Gasteiger partial charge on any atom is 0.277 e. The molecule has 0 atom stereocenters. The number of nitrogens with zero attached hydrogens (tertiary/aromatic N) is 1. The van der Waals surface area contributed by atoms with Crippen molar-refractivity contribution in [2.24, 2.45) is 5.41 Å². The topological polar surface area (TPSA) is 84.1 Å². The Labute approximate surface area is 180 Å². The van der Waals surface area contributed by atoms with Crippen LogP contribution in [0.2, 0.25) is 0 Å². The highest BCUT2D eigenvalue weighted by atomic mass is 16.5. The fourth-order valence-corrected chi connectivity index (χ4v) is 4.67. The van der Waals surface area contributed by atoms with Crippen LogP contribution in [0.4, 0.5) is 0 Å². The van der Waals surface area contributed by atoms with Crippen molar-refractivity contribution >= 4 is 5.91 Å². The molecule has 6 heteroatoms. The molecule has 0 radical (unpaired) electrons. The Morgan fingerprint density at radius 1 is 0.968 bits per heavy atom. The van der Waals surface area contributed by atoms with Gasteiger partial charge in [0.05, 0.1) is 18.9 Å². The molecule has 3 aromatic rings. The Morgan fingerprint density at radius 2 is 1.58 bits per heavy atom. The van der Waals surface area contributed by atoms with Crippen LogP contribution in [0.5, 0.6) is 0 Å². The van der Waals surface area contributed by atoms with E-state index in [0.29, 0.717) is 16.7 Å². The first-order valence-corrected chi connectivity index (χ1v) is 10.8. The molecule has 2 heterocycles. The third-order valence-electron chi connectivity index (χ3n) is 6.52. The second kappa shape index (κ2) is 8.12. The van der Waals surface area contributed by atoms with E-state index in [1.807, 2.05) is 60.7 Å². The van der Waals surface area contributed by atoms with Gasteiger partial charge in [0.2, 0.25) is 0 Å². The lowest BCUT2D eigenvalue weighted by Gasteiger charge is -2.46. The lowest BCUT2D eigenvalue weighted by atomic mass is 9.71. The van der Waals surface area contributed by atoms with Gasteiger partial charge >= 0.3 is 0 Å². The first-order chi connectivity index (χ1) is 15.2. The molecule has 31 heavy (non-hydrogen) atoms. The van der Waals surface area contributed by atoms with E-state index in [2.05, 4.69) is 15.5 Å². The summed E-state index contributed by atoms with van der Waals surface area (Å²) in [6.45, 7) is 1.66. The number of benzene rings is 2. The monoisotopic (exact) mass is 415 g/mol. The number of nitrogens with one attached hydrogen (secondary N) is 2. The van der Waals surface area contributed by atoms with Crippen LogP contribution in [-0.4, -0.2) is 35.4 Å². The number of aromatic amines is 1. The second-order valence-electron chi connectivity index (χ2n) is 8.62. The van der Waals surface area contributed by atoms with E-state index in [-0.39, 0.29) is 17.5 Å². The quantitative estimate of drug-likeness (QED) is 0.679. The average Bonchev–Trinajstić information content (AvgIpc) is 2.79. The van der Waals surface area contributed by atoms with Gasteiger partial charge in [0.1, 0.15) is 5.56 Å². The van der Waals surface area contributed by atoms with Gasteiger partial charge in [0.25, 0.3) is 11.5 Å². The molecule has 1 spiro atoms. The Bertz CT molecular complexity index is 1130. The molecular formula is C25H25N3O3. The zero-order valence-corrected chi connectivity index (χ0v) is 17.3. The van der Waals surface area contributed by atoms with Gasteiger partial charge in [-0.2, -0.15) is 5.10 Å². The van der Waals surface area contributed by atoms with Gasteiger partial charge < -0.3 is 10.1 Å². The molecule has 2 aromatic carbocycles. The Morgan fingerprint density at radius 3 is 2.16 bits per heavy atom. The predicted octanol–water partition coefficient (Wildman–Crippen LogP) is 3.79. The fourth-order valence-electron chi connectivity index (χ4n) is 4.67. The number of carbonyl (C=O) groups is 1. The number of aromatic nitrogens is 2. The van der Waals surface area contributed by atoms with Crippen molar-refractivity contribution in [3.05, 3.63) is 76.6 Å². The lowest BCUT2D eigenvalue weighted by Crippen LogP contribution is -2.49. The van der Waals surface area contributed by atoms with E-state index >= 15 is 0 Å². The molecule has 2 N–H and O–H groups in total. The van der Waals surface area contributed by atoms with E-state index in [1.165, 1.54) is 0 Å². The van der Waals surface area contributed by atoms with Gasteiger partial charge in [-0.25, -0.2) is 5.10 Å². The maximum atomic E-state index is 13.4. The van der Waals surface area contributed by atoms with Crippen LogP contribution in [0.25, 0.3) is 22.4 Å². The fraction of sp³-hybridized carbons (Fsp3) is 0.320. The Balaban J connectivity index is 1.51. The van der Waals surface area contributed by atoms with Crippen molar-refractivity contribution in [3.8, 4) is 22.4 Å². The summed E-state index contributed by atoms with van der Waals surface area (Å²) in [5.74, 6) is -0.342. The molecule has 1 amide bonds. The number of rotatable bonds is 4. The van der Waals surface area contributed by atoms with Gasteiger partial charge in [-0.15, -0.1) is 0 Å². The summed E-state index contributed by atoms with van der Waals surface area (Å²) in [4.78, 5) is 26.2. The smallest absolute Gasteiger partial charge is 0.277 e. The van der Waals surface area contributed by atoms with E-state index < -0.39 is 5.56 Å². The molecule has 0 unspecified atom stereocenters. The molecule has 2 fully saturated rings. The largest absolute Gasteiger partial charge is 0.380 e. The highest BCUT2D eigenvalue weighted by Crippen LogP contribution is 2.42. The summed E-state index contributed by atoms with van der Waals surface area (Å²) in [6, 6.07) is 19.2. The number of ether oxygens (including phenoxy) is 1.